The van der Waals surface area contributed by atoms with Crippen molar-refractivity contribution in [3.8, 4) is 45.9 Å². The van der Waals surface area contributed by atoms with E-state index in [1.54, 1.807) is 24.5 Å². The zero-order valence-electron chi connectivity index (χ0n) is 32.0. The van der Waals surface area contributed by atoms with Gasteiger partial charge in [-0.25, -0.2) is 26.8 Å². The van der Waals surface area contributed by atoms with E-state index in [0.29, 0.717) is 44.9 Å². The summed E-state index contributed by atoms with van der Waals surface area (Å²) in [6.45, 7) is 2.32. The van der Waals surface area contributed by atoms with Gasteiger partial charge in [0.15, 0.2) is 40.1 Å². The van der Waals surface area contributed by atoms with E-state index in [1.807, 2.05) is 23.6 Å². The van der Waals surface area contributed by atoms with Crippen LogP contribution in [0.3, 0.4) is 0 Å². The number of piperidine rings is 1. The number of benzene rings is 3. The second-order valence-corrected chi connectivity index (χ2v) is 19.7. The number of alkyl halides is 6. The van der Waals surface area contributed by atoms with Crippen LogP contribution < -0.4 is 28.4 Å². The Bertz CT molecular complexity index is 3040. The molecule has 3 aromatic carbocycles. The topological polar surface area (TPSA) is 170 Å². The van der Waals surface area contributed by atoms with Gasteiger partial charge in [-0.1, -0.05) is 27.5 Å². The van der Waals surface area contributed by atoms with Gasteiger partial charge >= 0.3 is 18.9 Å². The SMILES string of the molecule is Cc1ccc2nc(-c3ccncc3Cl)n(C3CCN(S(=O)(=O)c4ccc5c(c4)OC(F)(F)O5)CC3)c2n1.FC1(F)Oc2ccc(Br)cc2O1.O=S(=O)(Cl)c1ccc2c(c1)OC(F)(F)O2. The maximum absolute atomic E-state index is 13.4. The maximum Gasteiger partial charge on any atom is 0.586 e. The number of ether oxygens (including phenoxy) is 6. The summed E-state index contributed by atoms with van der Waals surface area (Å²) in [5, 5.41) is 0.448. The molecule has 10 rings (SSSR count). The molecule has 0 spiro atoms. The molecule has 64 heavy (non-hydrogen) atoms. The zero-order valence-corrected chi connectivity index (χ0v) is 36.8. The van der Waals surface area contributed by atoms with Crippen molar-refractivity contribution in [3.63, 3.8) is 0 Å². The summed E-state index contributed by atoms with van der Waals surface area (Å²) in [6.07, 6.45) is -6.95. The number of halogens is 9. The van der Waals surface area contributed by atoms with Crippen molar-refractivity contribution >= 4 is 68.5 Å². The number of aryl methyl sites for hydroxylation is 1. The van der Waals surface area contributed by atoms with Gasteiger partial charge in [0.2, 0.25) is 10.0 Å². The van der Waals surface area contributed by atoms with E-state index in [1.165, 1.54) is 28.6 Å². The fourth-order valence-corrected chi connectivity index (χ4v) is 9.54. The number of imidazole rings is 1. The molecule has 0 aliphatic carbocycles. The first kappa shape index (κ1) is 45.3. The van der Waals surface area contributed by atoms with Crippen molar-refractivity contribution in [2.45, 2.75) is 54.5 Å². The standard InChI is InChI=1S/C24H20ClF2N5O4S.C7H3BrF2O2.C7H3ClF2O4S/c1-14-2-4-19-23(29-14)32(22(30-19)17-6-9-28-13-18(17)25)15-7-10-31(11-8-15)37(33,34)16-3-5-20-21(12-16)36-24(26,27)35-20;8-4-1-2-5-6(3-4)12-7(9,10)11-5;8-15(11,12)4-1-2-5-6(3-4)14-7(9,10)13-5/h2-6,9,12-13,15H,7-8,10-11H2,1H3;1-3H;1-3H. The van der Waals surface area contributed by atoms with E-state index in [0.717, 1.165) is 30.0 Å². The highest BCUT2D eigenvalue weighted by molar-refractivity contribution is 9.10. The van der Waals surface area contributed by atoms with E-state index in [-0.39, 0.29) is 63.4 Å². The lowest BCUT2D eigenvalue weighted by Crippen LogP contribution is -2.39. The molecule has 26 heteroatoms. The maximum atomic E-state index is 13.4. The van der Waals surface area contributed by atoms with Gasteiger partial charge in [0, 0.05) is 70.1 Å². The first-order valence-corrected chi connectivity index (χ1v) is 23.1. The molecule has 1 fully saturated rings. The molecule has 338 valence electrons. The van der Waals surface area contributed by atoms with Crippen molar-refractivity contribution in [3.05, 3.63) is 100 Å². The number of hydrogen-bond donors (Lipinski definition) is 0. The lowest BCUT2D eigenvalue weighted by atomic mass is 10.1. The molecule has 4 aliphatic rings. The summed E-state index contributed by atoms with van der Waals surface area (Å²) in [6, 6.07) is 16.4. The van der Waals surface area contributed by atoms with E-state index in [9.17, 15) is 43.2 Å². The van der Waals surface area contributed by atoms with E-state index in [2.05, 4.69) is 49.3 Å². The van der Waals surface area contributed by atoms with Crippen LogP contribution in [0.2, 0.25) is 5.02 Å². The molecule has 4 aliphatic heterocycles. The Hall–Kier alpha value is -5.27. The predicted octanol–water partition coefficient (Wildman–Crippen LogP) is 9.51. The molecule has 1 saturated heterocycles. The minimum Gasteiger partial charge on any atom is -0.395 e. The van der Waals surface area contributed by atoms with Crippen molar-refractivity contribution < 1.29 is 71.6 Å². The molecular formula is C38H26BrCl2F6N5O10S2. The molecule has 0 N–H and O–H groups in total. The highest BCUT2D eigenvalue weighted by Crippen LogP contribution is 2.45. The van der Waals surface area contributed by atoms with Crippen LogP contribution in [0.4, 0.5) is 26.3 Å². The number of aromatic nitrogens is 4. The van der Waals surface area contributed by atoms with Crippen molar-refractivity contribution in [2.75, 3.05) is 13.1 Å². The normalized spacial score (nSPS) is 17.9. The molecule has 15 nitrogen and oxygen atoms in total. The second-order valence-electron chi connectivity index (χ2n) is 13.8. The van der Waals surface area contributed by atoms with Crippen LogP contribution in [0.1, 0.15) is 24.6 Å². The molecule has 0 radical (unpaired) electrons. The van der Waals surface area contributed by atoms with Crippen LogP contribution in [0.5, 0.6) is 34.5 Å². The minimum absolute atomic E-state index is 0.0503. The Morgan fingerprint density at radius 2 is 1.20 bits per heavy atom. The lowest BCUT2D eigenvalue weighted by molar-refractivity contribution is -0.287. The summed E-state index contributed by atoms with van der Waals surface area (Å²) in [4.78, 5) is 13.1. The van der Waals surface area contributed by atoms with Crippen LogP contribution in [0.15, 0.2) is 99.5 Å². The van der Waals surface area contributed by atoms with Crippen molar-refractivity contribution in [2.24, 2.45) is 0 Å². The Kier molecular flexibility index (Phi) is 11.8. The molecular weight excluding hydrogens is 1020 g/mol. The monoisotopic (exact) mass is 1040 g/mol. The molecule has 7 heterocycles. The smallest absolute Gasteiger partial charge is 0.395 e. The number of rotatable bonds is 5. The Balaban J connectivity index is 0.000000168. The Morgan fingerprint density at radius 3 is 1.77 bits per heavy atom. The molecule has 0 bridgehead atoms. The average molecular weight is 1040 g/mol. The van der Waals surface area contributed by atoms with Gasteiger partial charge in [0.25, 0.3) is 9.05 Å². The summed E-state index contributed by atoms with van der Waals surface area (Å²) < 4.78 is 154. The fourth-order valence-electron chi connectivity index (χ4n) is 6.74. The van der Waals surface area contributed by atoms with Crippen LogP contribution in [0, 0.1) is 6.92 Å². The van der Waals surface area contributed by atoms with E-state index >= 15 is 0 Å². The third-order valence-corrected chi connectivity index (χ3v) is 13.5. The van der Waals surface area contributed by atoms with Gasteiger partial charge in [-0.2, -0.15) is 4.31 Å². The predicted molar refractivity (Wildman–Crippen MR) is 216 cm³/mol. The molecule has 6 aromatic rings. The van der Waals surface area contributed by atoms with Crippen LogP contribution in [-0.4, -0.2) is 72.6 Å². The van der Waals surface area contributed by atoms with Crippen LogP contribution in [-0.2, 0) is 19.1 Å². The summed E-state index contributed by atoms with van der Waals surface area (Å²) >= 11 is 9.57. The van der Waals surface area contributed by atoms with E-state index in [4.69, 9.17) is 32.3 Å². The third kappa shape index (κ3) is 9.56. The van der Waals surface area contributed by atoms with Gasteiger partial charge in [0.05, 0.1) is 14.8 Å². The molecule has 3 aromatic heterocycles. The van der Waals surface area contributed by atoms with Crippen LogP contribution in [0.25, 0.3) is 22.6 Å². The molecule has 0 unspecified atom stereocenters. The highest BCUT2D eigenvalue weighted by atomic mass is 79.9. The molecule has 0 amide bonds. The van der Waals surface area contributed by atoms with Gasteiger partial charge < -0.3 is 33.0 Å². The number of fused-ring (bicyclic) bond motifs is 4. The largest absolute Gasteiger partial charge is 0.586 e. The van der Waals surface area contributed by atoms with Gasteiger partial charge in [-0.05, 0) is 80.4 Å². The number of hydrogen-bond acceptors (Lipinski definition) is 13. The third-order valence-electron chi connectivity index (χ3n) is 9.51. The summed E-state index contributed by atoms with van der Waals surface area (Å²) in [5.41, 5.74) is 2.94. The summed E-state index contributed by atoms with van der Waals surface area (Å²) in [5.74, 6) is -0.368. The zero-order chi connectivity index (χ0) is 46.0. The lowest BCUT2D eigenvalue weighted by Gasteiger charge is -2.32. The first-order chi connectivity index (χ1) is 30.0. The highest BCUT2D eigenvalue weighted by Gasteiger charge is 2.46. The minimum atomic E-state index is -3.97. The Labute approximate surface area is 375 Å². The van der Waals surface area contributed by atoms with E-state index < -0.39 is 38.0 Å². The van der Waals surface area contributed by atoms with Gasteiger partial charge in [0.1, 0.15) is 11.3 Å². The quantitative estimate of drug-likeness (QED) is 0.118. The molecule has 0 atom stereocenters. The fraction of sp³-hybridized carbons (Fsp3) is 0.237. The Morgan fingerprint density at radius 1 is 0.688 bits per heavy atom. The number of pyridine rings is 2. The van der Waals surface area contributed by atoms with Crippen LogP contribution >= 0.6 is 38.2 Å². The van der Waals surface area contributed by atoms with Gasteiger partial charge in [-0.15, -0.1) is 26.3 Å². The van der Waals surface area contributed by atoms with Crippen molar-refractivity contribution in [1.29, 1.82) is 0 Å². The van der Waals surface area contributed by atoms with Gasteiger partial charge in [-0.3, -0.25) is 4.98 Å². The first-order valence-electron chi connectivity index (χ1n) is 18.2. The summed E-state index contributed by atoms with van der Waals surface area (Å²) in [7, 11) is -2.90. The number of nitrogens with zero attached hydrogens (tertiary/aromatic N) is 5. The van der Waals surface area contributed by atoms with Crippen molar-refractivity contribution in [1.82, 2.24) is 23.8 Å². The number of sulfonamides is 1. The average Bonchev–Trinajstić information content (AvgIpc) is 3.93. The molecule has 0 saturated carbocycles. The second kappa shape index (κ2) is 16.6.